The molecule has 0 amide bonds. The van der Waals surface area contributed by atoms with Crippen molar-refractivity contribution in [1.29, 1.82) is 0 Å². The average molecular weight is 226 g/mol. The Kier molecular flexibility index (Phi) is 2.37. The molecule has 1 aliphatic rings. The van der Waals surface area contributed by atoms with Gasteiger partial charge in [0.05, 0.1) is 0 Å². The molecule has 2 heteroatoms. The Morgan fingerprint density at radius 1 is 1.00 bits per heavy atom. The molecular weight excluding hydrogens is 212 g/mol. The Morgan fingerprint density at radius 2 is 1.76 bits per heavy atom. The maximum atomic E-state index is 10.00. The lowest BCUT2D eigenvalue weighted by atomic mass is 9.99. The quantitative estimate of drug-likeness (QED) is 0.809. The first kappa shape index (κ1) is 10.4. The fraction of sp³-hybridized carbons (Fsp3) is 0.200. The summed E-state index contributed by atoms with van der Waals surface area (Å²) in [5.41, 5.74) is 3.05. The Bertz CT molecular complexity index is 534. The molecule has 1 heterocycles. The lowest BCUT2D eigenvalue weighted by molar-refractivity contribution is 0.0797. The molecular formula is C15H14O2. The van der Waals surface area contributed by atoms with Crippen molar-refractivity contribution in [3.8, 4) is 16.9 Å². The predicted molar refractivity (Wildman–Crippen MR) is 66.9 cm³/mol. The summed E-state index contributed by atoms with van der Waals surface area (Å²) in [5, 5.41) is 10.00. The van der Waals surface area contributed by atoms with Gasteiger partial charge in [0, 0.05) is 11.1 Å². The smallest absolute Gasteiger partial charge is 0.133 e. The van der Waals surface area contributed by atoms with Gasteiger partial charge in [-0.1, -0.05) is 48.5 Å². The molecule has 0 bridgehead atoms. The van der Waals surface area contributed by atoms with Crippen LogP contribution < -0.4 is 4.74 Å². The van der Waals surface area contributed by atoms with Gasteiger partial charge >= 0.3 is 0 Å². The van der Waals surface area contributed by atoms with Crippen LogP contribution in [0.1, 0.15) is 18.6 Å². The van der Waals surface area contributed by atoms with Crippen molar-refractivity contribution in [2.24, 2.45) is 0 Å². The van der Waals surface area contributed by atoms with Crippen molar-refractivity contribution in [3.63, 3.8) is 0 Å². The Balaban J connectivity index is 2.16. The van der Waals surface area contributed by atoms with Crippen LogP contribution in [0.3, 0.4) is 0 Å². The summed E-state index contributed by atoms with van der Waals surface area (Å²) >= 11 is 0. The molecule has 2 aromatic carbocycles. The molecule has 0 saturated heterocycles. The normalized spacial score (nSPS) is 22.0. The minimum atomic E-state index is -0.520. The van der Waals surface area contributed by atoms with Crippen molar-refractivity contribution in [2.75, 3.05) is 0 Å². The van der Waals surface area contributed by atoms with Gasteiger partial charge in [-0.25, -0.2) is 0 Å². The van der Waals surface area contributed by atoms with E-state index in [1.165, 1.54) is 0 Å². The Hall–Kier alpha value is -1.80. The zero-order valence-electron chi connectivity index (χ0n) is 9.63. The van der Waals surface area contributed by atoms with Crippen LogP contribution >= 0.6 is 0 Å². The first-order chi connectivity index (χ1) is 8.27. The molecule has 2 atom stereocenters. The highest BCUT2D eigenvalue weighted by Crippen LogP contribution is 2.43. The van der Waals surface area contributed by atoms with Crippen LogP contribution in [-0.2, 0) is 0 Å². The second-order valence-corrected chi connectivity index (χ2v) is 4.36. The summed E-state index contributed by atoms with van der Waals surface area (Å²) in [6, 6.07) is 16.0. The third-order valence-corrected chi connectivity index (χ3v) is 3.20. The summed E-state index contributed by atoms with van der Waals surface area (Å²) < 4.78 is 5.75. The molecule has 0 fully saturated rings. The molecule has 0 aliphatic carbocycles. The number of fused-ring (bicyclic) bond motifs is 1. The standard InChI is InChI=1S/C15H14O2/c1-10-14(16)13-9-5-8-12(15(13)17-10)11-6-3-2-4-7-11/h2-10,14,16H,1H3. The average Bonchev–Trinajstić information content (AvgIpc) is 2.67. The monoisotopic (exact) mass is 226 g/mol. The van der Waals surface area contributed by atoms with Crippen molar-refractivity contribution in [3.05, 3.63) is 54.1 Å². The number of aliphatic hydroxyl groups is 1. The van der Waals surface area contributed by atoms with E-state index in [9.17, 15) is 5.11 Å². The largest absolute Gasteiger partial charge is 0.487 e. The highest BCUT2D eigenvalue weighted by molar-refractivity contribution is 5.73. The third kappa shape index (κ3) is 1.61. The molecule has 2 unspecified atom stereocenters. The first-order valence-corrected chi connectivity index (χ1v) is 5.80. The molecule has 2 nitrogen and oxygen atoms in total. The van der Waals surface area contributed by atoms with Crippen LogP contribution in [0, 0.1) is 0 Å². The SMILES string of the molecule is CC1Oc2c(-c3ccccc3)cccc2C1O. The maximum Gasteiger partial charge on any atom is 0.133 e. The molecule has 0 radical (unpaired) electrons. The van der Waals surface area contributed by atoms with E-state index in [1.54, 1.807) is 0 Å². The highest BCUT2D eigenvalue weighted by Gasteiger charge is 2.31. The van der Waals surface area contributed by atoms with E-state index in [0.717, 1.165) is 22.4 Å². The van der Waals surface area contributed by atoms with E-state index in [1.807, 2.05) is 55.5 Å². The topological polar surface area (TPSA) is 29.5 Å². The summed E-state index contributed by atoms with van der Waals surface area (Å²) in [6.07, 6.45) is -0.691. The zero-order valence-corrected chi connectivity index (χ0v) is 9.63. The first-order valence-electron chi connectivity index (χ1n) is 5.80. The van der Waals surface area contributed by atoms with Crippen LogP contribution in [0.2, 0.25) is 0 Å². The number of para-hydroxylation sites is 1. The van der Waals surface area contributed by atoms with Gasteiger partial charge in [-0.2, -0.15) is 0 Å². The van der Waals surface area contributed by atoms with E-state index in [2.05, 4.69) is 0 Å². The van der Waals surface area contributed by atoms with E-state index in [-0.39, 0.29) is 6.10 Å². The fourth-order valence-electron chi connectivity index (χ4n) is 2.27. The van der Waals surface area contributed by atoms with Gasteiger partial charge in [0.1, 0.15) is 18.0 Å². The van der Waals surface area contributed by atoms with Crippen molar-refractivity contribution in [1.82, 2.24) is 0 Å². The van der Waals surface area contributed by atoms with E-state index < -0.39 is 6.10 Å². The number of rotatable bonds is 1. The van der Waals surface area contributed by atoms with Crippen LogP contribution in [0.5, 0.6) is 5.75 Å². The highest BCUT2D eigenvalue weighted by atomic mass is 16.5. The zero-order chi connectivity index (χ0) is 11.8. The predicted octanol–water partition coefficient (Wildman–Crippen LogP) is 3.17. The second-order valence-electron chi connectivity index (χ2n) is 4.36. The molecule has 86 valence electrons. The summed E-state index contributed by atoms with van der Waals surface area (Å²) in [4.78, 5) is 0. The number of hydrogen-bond donors (Lipinski definition) is 1. The van der Waals surface area contributed by atoms with Gasteiger partial charge in [-0.15, -0.1) is 0 Å². The minimum Gasteiger partial charge on any atom is -0.487 e. The second kappa shape index (κ2) is 3.90. The summed E-state index contributed by atoms with van der Waals surface area (Å²) in [7, 11) is 0. The molecule has 2 aromatic rings. The summed E-state index contributed by atoms with van der Waals surface area (Å²) in [5.74, 6) is 0.818. The Morgan fingerprint density at radius 3 is 2.53 bits per heavy atom. The van der Waals surface area contributed by atoms with Crippen LogP contribution in [0.4, 0.5) is 0 Å². The lowest BCUT2D eigenvalue weighted by Gasteiger charge is -2.09. The van der Waals surface area contributed by atoms with E-state index in [0.29, 0.717) is 0 Å². The molecule has 1 aliphatic heterocycles. The van der Waals surface area contributed by atoms with Gasteiger partial charge in [0.2, 0.25) is 0 Å². The third-order valence-electron chi connectivity index (χ3n) is 3.20. The van der Waals surface area contributed by atoms with Crippen LogP contribution in [0.15, 0.2) is 48.5 Å². The molecule has 0 spiro atoms. The van der Waals surface area contributed by atoms with E-state index in [4.69, 9.17) is 4.74 Å². The molecule has 3 rings (SSSR count). The molecule has 0 aromatic heterocycles. The molecule has 0 saturated carbocycles. The van der Waals surface area contributed by atoms with Crippen molar-refractivity contribution in [2.45, 2.75) is 19.1 Å². The number of hydrogen-bond acceptors (Lipinski definition) is 2. The van der Waals surface area contributed by atoms with Crippen molar-refractivity contribution < 1.29 is 9.84 Å². The molecule has 17 heavy (non-hydrogen) atoms. The van der Waals surface area contributed by atoms with Gasteiger partial charge in [0.25, 0.3) is 0 Å². The van der Waals surface area contributed by atoms with Crippen molar-refractivity contribution >= 4 is 0 Å². The summed E-state index contributed by atoms with van der Waals surface area (Å²) in [6.45, 7) is 1.89. The van der Waals surface area contributed by atoms with Gasteiger partial charge in [-0.05, 0) is 12.5 Å². The van der Waals surface area contributed by atoms with Crippen LogP contribution in [0.25, 0.3) is 11.1 Å². The minimum absolute atomic E-state index is 0.171. The van der Waals surface area contributed by atoms with E-state index >= 15 is 0 Å². The number of benzene rings is 2. The van der Waals surface area contributed by atoms with Gasteiger partial charge in [0.15, 0.2) is 0 Å². The lowest BCUT2D eigenvalue weighted by Crippen LogP contribution is -2.12. The maximum absolute atomic E-state index is 10.00. The van der Waals surface area contributed by atoms with Gasteiger partial charge in [-0.3, -0.25) is 0 Å². The Labute approximate surface area is 100 Å². The number of ether oxygens (including phenoxy) is 1. The fourth-order valence-corrected chi connectivity index (χ4v) is 2.27. The van der Waals surface area contributed by atoms with Gasteiger partial charge < -0.3 is 9.84 Å². The molecule has 1 N–H and O–H groups in total. The number of aliphatic hydroxyl groups excluding tert-OH is 1. The van der Waals surface area contributed by atoms with Crippen LogP contribution in [-0.4, -0.2) is 11.2 Å².